The third kappa shape index (κ3) is 4.45. The number of benzene rings is 5. The monoisotopic (exact) mass is 438 g/mol. The second kappa shape index (κ2) is 9.15. The van der Waals surface area contributed by atoms with E-state index in [4.69, 9.17) is 0 Å². The molecule has 0 heterocycles. The lowest BCUT2D eigenvalue weighted by molar-refractivity contribution is 1.37. The predicted octanol–water partition coefficient (Wildman–Crippen LogP) is 9.57. The number of hydrogen-bond donors (Lipinski definition) is 0. The van der Waals surface area contributed by atoms with Crippen LogP contribution in [0.2, 0.25) is 0 Å². The third-order valence-electron chi connectivity index (χ3n) is 6.39. The first-order valence-electron chi connectivity index (χ1n) is 11.9. The van der Waals surface area contributed by atoms with E-state index in [0.29, 0.717) is 0 Å². The Labute approximate surface area is 202 Å². The fourth-order valence-corrected chi connectivity index (χ4v) is 5.13. The molecule has 0 fully saturated rings. The first-order chi connectivity index (χ1) is 16.5. The Balaban J connectivity index is 1.71. The van der Waals surface area contributed by atoms with Crippen molar-refractivity contribution in [2.75, 3.05) is 0 Å². The lowest BCUT2D eigenvalue weighted by Gasteiger charge is -2.13. The molecule has 5 rings (SSSR count). The third-order valence-corrected chi connectivity index (χ3v) is 6.39. The zero-order chi connectivity index (χ0) is 23.7. The van der Waals surface area contributed by atoms with Crippen LogP contribution in [0.15, 0.2) is 84.9 Å². The number of hydrogen-bond acceptors (Lipinski definition) is 0. The van der Waals surface area contributed by atoms with Crippen LogP contribution in [0.5, 0.6) is 0 Å². The van der Waals surface area contributed by atoms with Crippen LogP contribution in [0.25, 0.3) is 45.8 Å². The minimum atomic E-state index is 1.24. The van der Waals surface area contributed by atoms with Gasteiger partial charge in [-0.25, -0.2) is 0 Å². The average Bonchev–Trinajstić information content (AvgIpc) is 2.80. The molecule has 0 atom stereocenters. The van der Waals surface area contributed by atoms with Gasteiger partial charge in [-0.15, -0.1) is 0 Å². The first-order valence-corrected chi connectivity index (χ1v) is 11.9. The Morgan fingerprint density at radius 1 is 0.382 bits per heavy atom. The molecule has 0 aliphatic carbocycles. The van der Waals surface area contributed by atoms with Crippen molar-refractivity contribution in [1.29, 1.82) is 0 Å². The maximum absolute atomic E-state index is 2.29. The molecule has 0 saturated carbocycles. The summed E-state index contributed by atoms with van der Waals surface area (Å²) in [5.74, 6) is 0. The summed E-state index contributed by atoms with van der Waals surface area (Å²) >= 11 is 0. The van der Waals surface area contributed by atoms with Crippen molar-refractivity contribution in [3.8, 4) is 0 Å². The Kier molecular flexibility index (Phi) is 5.90. The lowest BCUT2D eigenvalue weighted by Crippen LogP contribution is -1.89. The number of fused-ring (bicyclic) bond motifs is 2. The van der Waals surface area contributed by atoms with E-state index in [1.807, 2.05) is 0 Å². The van der Waals surface area contributed by atoms with Gasteiger partial charge in [-0.05, 0) is 71.5 Å². The van der Waals surface area contributed by atoms with Crippen molar-refractivity contribution in [2.24, 2.45) is 0 Å². The van der Waals surface area contributed by atoms with E-state index in [-0.39, 0.29) is 0 Å². The molecule has 0 N–H and O–H groups in total. The minimum absolute atomic E-state index is 1.24. The van der Waals surface area contributed by atoms with E-state index in [1.54, 1.807) is 0 Å². The van der Waals surface area contributed by atoms with Crippen LogP contribution in [0.4, 0.5) is 0 Å². The van der Waals surface area contributed by atoms with Crippen LogP contribution in [-0.4, -0.2) is 0 Å². The summed E-state index contributed by atoms with van der Waals surface area (Å²) < 4.78 is 0. The van der Waals surface area contributed by atoms with E-state index in [9.17, 15) is 0 Å². The smallest absolute Gasteiger partial charge is 0.00987 e. The average molecular weight is 439 g/mol. The van der Waals surface area contributed by atoms with E-state index in [2.05, 4.69) is 137 Å². The van der Waals surface area contributed by atoms with Gasteiger partial charge in [0.1, 0.15) is 0 Å². The molecule has 0 bridgehead atoms. The lowest BCUT2D eigenvalue weighted by atomic mass is 9.90. The Morgan fingerprint density at radius 2 is 0.676 bits per heavy atom. The van der Waals surface area contributed by atoms with Gasteiger partial charge < -0.3 is 0 Å². The van der Waals surface area contributed by atoms with Gasteiger partial charge >= 0.3 is 0 Å². The van der Waals surface area contributed by atoms with Crippen LogP contribution in [0.1, 0.15) is 44.5 Å². The molecule has 0 saturated heterocycles. The van der Waals surface area contributed by atoms with Crippen LogP contribution in [0, 0.1) is 27.7 Å². The topological polar surface area (TPSA) is 0 Å². The second-order valence-electron chi connectivity index (χ2n) is 9.43. The molecular formula is C34H30. The van der Waals surface area contributed by atoms with E-state index >= 15 is 0 Å². The van der Waals surface area contributed by atoms with Crippen molar-refractivity contribution in [3.63, 3.8) is 0 Å². The van der Waals surface area contributed by atoms with Crippen molar-refractivity contribution in [2.45, 2.75) is 27.7 Å². The molecule has 0 amide bonds. The molecule has 0 aliphatic heterocycles. The number of rotatable bonds is 4. The first kappa shape index (κ1) is 21.9. The molecular weight excluding hydrogens is 408 g/mol. The molecule has 5 aromatic rings. The van der Waals surface area contributed by atoms with Crippen molar-refractivity contribution in [3.05, 3.63) is 129 Å². The van der Waals surface area contributed by atoms with Gasteiger partial charge in [-0.3, -0.25) is 0 Å². The second-order valence-corrected chi connectivity index (χ2v) is 9.43. The highest BCUT2D eigenvalue weighted by atomic mass is 14.1. The van der Waals surface area contributed by atoms with Crippen molar-refractivity contribution in [1.82, 2.24) is 0 Å². The summed E-state index contributed by atoms with van der Waals surface area (Å²) in [4.78, 5) is 0. The van der Waals surface area contributed by atoms with Gasteiger partial charge in [0.2, 0.25) is 0 Å². The van der Waals surface area contributed by atoms with Gasteiger partial charge in [0.15, 0.2) is 0 Å². The SMILES string of the molecule is Cc1cc(C)cc(/C=C/c2c3ccccc3c(/C=C/c3cc(C)cc(C)c3)c3ccccc23)c1. The normalized spacial score (nSPS) is 11.9. The summed E-state index contributed by atoms with van der Waals surface area (Å²) in [5, 5.41) is 5.12. The summed E-state index contributed by atoms with van der Waals surface area (Å²) in [5.41, 5.74) is 10.2. The summed E-state index contributed by atoms with van der Waals surface area (Å²) in [6.45, 7) is 8.63. The molecule has 166 valence electrons. The van der Waals surface area contributed by atoms with E-state index < -0.39 is 0 Å². The molecule has 0 aromatic heterocycles. The highest BCUT2D eigenvalue weighted by molar-refractivity contribution is 6.14. The maximum Gasteiger partial charge on any atom is -0.00987 e. The minimum Gasteiger partial charge on any atom is -0.0616 e. The summed E-state index contributed by atoms with van der Waals surface area (Å²) in [6, 6.07) is 31.0. The van der Waals surface area contributed by atoms with Crippen LogP contribution < -0.4 is 0 Å². The van der Waals surface area contributed by atoms with Gasteiger partial charge in [0.25, 0.3) is 0 Å². The van der Waals surface area contributed by atoms with Gasteiger partial charge in [-0.1, -0.05) is 131 Å². The predicted molar refractivity (Wildman–Crippen MR) is 151 cm³/mol. The molecule has 0 nitrogen and oxygen atoms in total. The fourth-order valence-electron chi connectivity index (χ4n) is 5.13. The van der Waals surface area contributed by atoms with Crippen molar-refractivity contribution >= 4 is 45.8 Å². The molecule has 34 heavy (non-hydrogen) atoms. The Bertz CT molecular complexity index is 1360. The maximum atomic E-state index is 2.29. The zero-order valence-corrected chi connectivity index (χ0v) is 20.4. The number of aryl methyl sites for hydroxylation is 4. The van der Waals surface area contributed by atoms with Crippen molar-refractivity contribution < 1.29 is 0 Å². The van der Waals surface area contributed by atoms with Gasteiger partial charge in [0.05, 0.1) is 0 Å². The highest BCUT2D eigenvalue weighted by Crippen LogP contribution is 2.35. The Hall–Kier alpha value is -3.90. The molecule has 0 radical (unpaired) electrons. The van der Waals surface area contributed by atoms with Gasteiger partial charge in [-0.2, -0.15) is 0 Å². The molecule has 0 aliphatic rings. The standard InChI is InChI=1S/C34H30/c1-23-17-24(2)20-27(19-23)13-15-33-29-9-5-7-11-31(29)34(32-12-8-6-10-30(32)33)16-14-28-21-25(3)18-26(4)22-28/h5-22H,1-4H3/b15-13+,16-14+. The van der Waals surface area contributed by atoms with Crippen LogP contribution >= 0.6 is 0 Å². The largest absolute Gasteiger partial charge is 0.0616 e. The Morgan fingerprint density at radius 3 is 0.971 bits per heavy atom. The summed E-state index contributed by atoms with van der Waals surface area (Å²) in [7, 11) is 0. The van der Waals surface area contributed by atoms with E-state index in [1.165, 1.54) is 66.1 Å². The zero-order valence-electron chi connectivity index (χ0n) is 20.4. The van der Waals surface area contributed by atoms with Gasteiger partial charge in [0, 0.05) is 0 Å². The molecule has 0 heteroatoms. The van der Waals surface area contributed by atoms with E-state index in [0.717, 1.165) is 0 Å². The molecule has 5 aromatic carbocycles. The quantitative estimate of drug-likeness (QED) is 0.193. The highest BCUT2D eigenvalue weighted by Gasteiger charge is 2.10. The fraction of sp³-hybridized carbons (Fsp3) is 0.118. The van der Waals surface area contributed by atoms with Crippen LogP contribution in [-0.2, 0) is 0 Å². The molecule has 0 spiro atoms. The summed E-state index contributed by atoms with van der Waals surface area (Å²) in [6.07, 6.45) is 9.07. The van der Waals surface area contributed by atoms with Crippen LogP contribution in [0.3, 0.4) is 0 Å². The molecule has 0 unspecified atom stereocenters.